The number of amides is 12. The summed E-state index contributed by atoms with van der Waals surface area (Å²) in [5, 5.41) is 53.3. The van der Waals surface area contributed by atoms with Crippen molar-refractivity contribution in [1.29, 1.82) is 0 Å². The van der Waals surface area contributed by atoms with Gasteiger partial charge in [0.2, 0.25) is 70.9 Å². The number of carbonyl (C=O) groups excluding carboxylic acids is 12. The van der Waals surface area contributed by atoms with Gasteiger partial charge in [0.1, 0.15) is 60.1 Å². The highest BCUT2D eigenvalue weighted by Crippen LogP contribution is 2.22. The number of guanidine groups is 1. The average Bonchev–Trinajstić information content (AvgIpc) is 1.47. The average molecular weight is 1450 g/mol. The van der Waals surface area contributed by atoms with Crippen molar-refractivity contribution < 1.29 is 77.6 Å². The monoisotopic (exact) mass is 1450 g/mol. The maximum absolute atomic E-state index is 14.5. The van der Waals surface area contributed by atoms with Crippen molar-refractivity contribution in [2.75, 3.05) is 46.8 Å². The van der Waals surface area contributed by atoms with Crippen molar-refractivity contribution in [1.82, 2.24) is 72.5 Å². The fourth-order valence-electron chi connectivity index (χ4n) is 11.2. The molecule has 0 aliphatic carbocycles. The largest absolute Gasteiger partial charge is 0.508 e. The second kappa shape index (κ2) is 41.2. The van der Waals surface area contributed by atoms with Crippen LogP contribution in [0.1, 0.15) is 96.0 Å². The third-order valence-corrected chi connectivity index (χ3v) is 17.1. The lowest BCUT2D eigenvalue weighted by atomic mass is 9.99. The number of likely N-dealkylation sites (N-methyl/N-ethyl adjacent to an activating group) is 2. The van der Waals surface area contributed by atoms with Gasteiger partial charge in [-0.1, -0.05) is 100 Å². The molecular weight excluding hydrogens is 1350 g/mol. The fraction of sp³-hybridized carbons (Fsp3) is 0.500. The summed E-state index contributed by atoms with van der Waals surface area (Å²) in [6.07, 6.45) is 1.91. The molecule has 1 fully saturated rings. The Morgan fingerprint density at radius 2 is 1.18 bits per heavy atom. The van der Waals surface area contributed by atoms with Gasteiger partial charge in [0.15, 0.2) is 5.96 Å². The van der Waals surface area contributed by atoms with Crippen LogP contribution in [0.2, 0.25) is 0 Å². The number of aliphatic imine (C=N–C) groups is 1. The molecule has 104 heavy (non-hydrogen) atoms. The number of phenolic OH excluding ortho intramolecular Hbond substituents is 1. The lowest BCUT2D eigenvalue weighted by molar-refractivity contribution is -0.146. The summed E-state index contributed by atoms with van der Waals surface area (Å²) < 4.78 is 0. The van der Waals surface area contributed by atoms with E-state index in [1.54, 1.807) is 86.6 Å². The van der Waals surface area contributed by atoms with Gasteiger partial charge >= 0.3 is 5.97 Å². The zero-order valence-electron chi connectivity index (χ0n) is 59.8. The Morgan fingerprint density at radius 1 is 0.635 bits per heavy atom. The summed E-state index contributed by atoms with van der Waals surface area (Å²) in [6.45, 7) is 7.55. The van der Waals surface area contributed by atoms with Crippen LogP contribution in [0.25, 0.3) is 0 Å². The van der Waals surface area contributed by atoms with Gasteiger partial charge in [-0.05, 0) is 86.6 Å². The molecule has 34 heteroatoms. The number of carbonyl (C=O) groups is 13. The van der Waals surface area contributed by atoms with E-state index in [-0.39, 0.29) is 75.7 Å². The first kappa shape index (κ1) is 83.6. The number of carboxylic acids is 1. The topological polar surface area (TPSA) is 520 Å². The number of hydrogen-bond donors (Lipinski definition) is 16. The number of hydrogen-bond acceptors (Lipinski definition) is 18. The van der Waals surface area contributed by atoms with E-state index in [0.717, 1.165) is 9.80 Å². The second-order valence-corrected chi connectivity index (χ2v) is 26.4. The molecule has 3 aromatic carbocycles. The van der Waals surface area contributed by atoms with E-state index in [2.05, 4.69) is 62.8 Å². The van der Waals surface area contributed by atoms with Crippen LogP contribution in [-0.2, 0) is 88.0 Å². The minimum atomic E-state index is -1.71. The molecule has 1 aliphatic heterocycles. The highest BCUT2D eigenvalue weighted by Gasteiger charge is 2.41. The van der Waals surface area contributed by atoms with E-state index in [9.17, 15) is 77.6 Å². The summed E-state index contributed by atoms with van der Waals surface area (Å²) in [5.74, 6) is -11.9. The highest BCUT2D eigenvalue weighted by atomic mass is 16.4. The van der Waals surface area contributed by atoms with Crippen LogP contribution in [0, 0.1) is 11.8 Å². The van der Waals surface area contributed by atoms with Crippen LogP contribution >= 0.6 is 0 Å². The summed E-state index contributed by atoms with van der Waals surface area (Å²) in [5.41, 5.74) is 19.1. The Balaban J connectivity index is 1.24. The summed E-state index contributed by atoms with van der Waals surface area (Å²) in [4.78, 5) is 193. The number of aromatic hydroxyl groups is 1. The van der Waals surface area contributed by atoms with E-state index in [1.165, 1.54) is 57.5 Å². The molecule has 5 rings (SSSR count). The highest BCUT2D eigenvalue weighted by molar-refractivity contribution is 5.99. The number of aromatic nitrogens is 2. The number of aliphatic carboxylic acids is 1. The molecule has 566 valence electrons. The maximum Gasteiger partial charge on any atom is 0.325 e. The van der Waals surface area contributed by atoms with Crippen LogP contribution in [-0.4, -0.2) is 236 Å². The van der Waals surface area contributed by atoms with E-state index in [4.69, 9.17) is 17.2 Å². The second-order valence-electron chi connectivity index (χ2n) is 26.4. The van der Waals surface area contributed by atoms with Crippen molar-refractivity contribution in [3.05, 3.63) is 120 Å². The lowest BCUT2D eigenvalue weighted by Gasteiger charge is -2.33. The number of aliphatic hydroxyl groups is 1. The maximum atomic E-state index is 14.5. The molecule has 4 aromatic rings. The smallest absolute Gasteiger partial charge is 0.325 e. The number of rotatable bonds is 40. The molecule has 12 amide bonds. The number of aliphatic hydroxyl groups excluding tert-OH is 1. The van der Waals surface area contributed by atoms with Gasteiger partial charge in [-0.3, -0.25) is 67.3 Å². The van der Waals surface area contributed by atoms with Crippen LogP contribution < -0.4 is 65.1 Å². The molecule has 0 bridgehead atoms. The number of nitrogens with two attached hydrogens (primary N) is 3. The van der Waals surface area contributed by atoms with Gasteiger partial charge in [-0.15, -0.1) is 0 Å². The van der Waals surface area contributed by atoms with Crippen molar-refractivity contribution in [2.45, 2.75) is 166 Å². The SMILES string of the molecule is CC(C)C[C@@H](C(=O)N[C@@H](Cc1ccc(O)cc1)C(=O)N1CCC[C@H]1C(=O)N[C@@H](C)C(=O)O)N(C)C(=O)CN(C)C(=O)CNC(=O)[C@H](Cc1ccccc1)NC(=O)[C@H](Cc1cnc[nH]1)NC(=O)CNC(=O)[C@@H](NC(=O)[C@@H](NC(=O)[C@H](Cc1ccccc1)NC(=O)[C@@H](N)CCCN=C(N)N)C(C)C)[C@@H](C)O. The van der Waals surface area contributed by atoms with Crippen molar-refractivity contribution in [2.24, 2.45) is 34.0 Å². The Labute approximate surface area is 603 Å². The van der Waals surface area contributed by atoms with E-state index in [0.29, 0.717) is 35.2 Å². The Kier molecular flexibility index (Phi) is 33.1. The molecule has 2 heterocycles. The predicted octanol–water partition coefficient (Wildman–Crippen LogP) is -3.14. The zero-order valence-corrected chi connectivity index (χ0v) is 59.8. The molecule has 11 atom stereocenters. The number of imidazole rings is 1. The Morgan fingerprint density at radius 3 is 1.75 bits per heavy atom. The number of carboxylic acid groups (broad SMARTS) is 1. The van der Waals surface area contributed by atoms with E-state index in [1.807, 2.05) is 13.8 Å². The molecule has 1 aliphatic rings. The van der Waals surface area contributed by atoms with Gasteiger partial charge in [0.25, 0.3) is 0 Å². The van der Waals surface area contributed by atoms with Gasteiger partial charge in [0.05, 0.1) is 38.1 Å². The van der Waals surface area contributed by atoms with Crippen molar-refractivity contribution >= 4 is 82.8 Å². The number of aromatic amines is 1. The van der Waals surface area contributed by atoms with Crippen molar-refractivity contribution in [3.63, 3.8) is 0 Å². The van der Waals surface area contributed by atoms with Gasteiger partial charge < -0.3 is 100 Å². The molecule has 1 saturated heterocycles. The minimum Gasteiger partial charge on any atom is -0.508 e. The number of nitrogens with zero attached hydrogens (tertiary/aromatic N) is 5. The molecule has 0 spiro atoms. The van der Waals surface area contributed by atoms with Crippen molar-refractivity contribution in [3.8, 4) is 5.75 Å². The number of benzene rings is 3. The van der Waals surface area contributed by atoms with Gasteiger partial charge in [-0.2, -0.15) is 0 Å². The molecule has 0 saturated carbocycles. The van der Waals surface area contributed by atoms with Gasteiger partial charge in [-0.25, -0.2) is 4.98 Å². The molecule has 1 aromatic heterocycles. The summed E-state index contributed by atoms with van der Waals surface area (Å²) in [6, 6.07) is 10.1. The molecule has 0 unspecified atom stereocenters. The van der Waals surface area contributed by atoms with Crippen LogP contribution in [0.15, 0.2) is 102 Å². The first-order valence-corrected chi connectivity index (χ1v) is 34.2. The fourth-order valence-corrected chi connectivity index (χ4v) is 11.2. The van der Waals surface area contributed by atoms with Crippen LogP contribution in [0.4, 0.5) is 0 Å². The number of phenols is 1. The van der Waals surface area contributed by atoms with E-state index >= 15 is 0 Å². The number of likely N-dealkylation sites (tertiary alicyclic amines) is 1. The summed E-state index contributed by atoms with van der Waals surface area (Å²) in [7, 11) is 2.64. The molecule has 0 radical (unpaired) electrons. The third-order valence-electron chi connectivity index (χ3n) is 17.1. The van der Waals surface area contributed by atoms with Crippen LogP contribution in [0.3, 0.4) is 0 Å². The zero-order chi connectivity index (χ0) is 76.9. The predicted molar refractivity (Wildman–Crippen MR) is 380 cm³/mol. The normalized spacial score (nSPS) is 15.5. The number of nitrogens with one attached hydrogen (secondary N) is 10. The quantitative estimate of drug-likeness (QED) is 0.0119. The first-order chi connectivity index (χ1) is 49.2. The number of H-pyrrole nitrogens is 1. The molecular formula is C70H100N18O16. The van der Waals surface area contributed by atoms with E-state index < -0.39 is 169 Å². The third kappa shape index (κ3) is 27.1. The van der Waals surface area contributed by atoms with Crippen LogP contribution in [0.5, 0.6) is 5.75 Å². The lowest BCUT2D eigenvalue weighted by Crippen LogP contribution is -2.61. The standard InChI is InChI=1S/C70H100N18O16/c1-39(2)29-54(65(99)83-52(32-45-23-25-47(90)26-24-45)68(102)88-28-16-22-53(88)64(98)79-41(5)69(103)104)87(8)57(93)37-86(7)56(92)36-77-61(95)49(30-43-17-11-9-12-18-43)82-62(96)51(33-46-34-74-38-78-46)80-55(91)35-76-66(100)59(42(6)89)85-67(101)58(40(3)4)84-63(97)50(31-44-19-13-10-14-20-44)81-60(94)48(71)21-15-27-75-70(72)73/h9-14,17-20,23-26,34,38-42,48-54,58-59,89-90H,15-16,21-22,27-33,35-37,71H2,1-8H3,(H,74,78)(H,76,100)(H,77,95)(H,79,98)(H,80,91)(H,81,94)(H,82,96)(H,83,99)(H,84,97)(H,85,101)(H,103,104)(H4,72,73,75)/t41-,42+,48-,49-,50-,51-,52-,53-,54-,58-,59-/m0/s1. The molecule has 34 nitrogen and oxygen atoms in total. The Hall–Kier alpha value is -11.0. The van der Waals surface area contributed by atoms with Gasteiger partial charge in [0, 0.05) is 64.8 Å². The minimum absolute atomic E-state index is 0.00311. The first-order valence-electron chi connectivity index (χ1n) is 34.2. The Bertz CT molecular complexity index is 3600. The summed E-state index contributed by atoms with van der Waals surface area (Å²) >= 11 is 0. The molecule has 19 N–H and O–H groups in total.